The van der Waals surface area contributed by atoms with Gasteiger partial charge in [-0.15, -0.1) is 11.8 Å². The van der Waals surface area contributed by atoms with E-state index in [1.54, 1.807) is 0 Å². The summed E-state index contributed by atoms with van der Waals surface area (Å²) in [4.78, 5) is 23.3. The molecule has 0 radical (unpaired) electrons. The lowest BCUT2D eigenvalue weighted by Gasteiger charge is -2.21. The maximum atomic E-state index is 11.7. The Hall–Kier alpha value is -1.58. The monoisotopic (exact) mass is 303 g/mol. The molecule has 7 nitrogen and oxygen atoms in total. The summed E-state index contributed by atoms with van der Waals surface area (Å²) in [5, 5.41) is 8.75. The van der Waals surface area contributed by atoms with E-state index in [9.17, 15) is 18.0 Å². The average Bonchev–Trinajstić information content (AvgIpc) is 2.71. The van der Waals surface area contributed by atoms with Crippen molar-refractivity contribution in [3.8, 4) is 0 Å². The number of thioether (sulfide) groups is 1. The Labute approximate surface area is 113 Å². The standard InChI is InChI=1S/C10H9NO6S2/c12-8-5-18-10(19(15,16)17)11(8)7-3-1-6(2-4-7)9(13)14/h1-4,10H,5H2,(H,13,14)(H,15,16,17). The molecule has 0 spiro atoms. The molecule has 0 aromatic heterocycles. The third-order valence-electron chi connectivity index (χ3n) is 2.48. The topological polar surface area (TPSA) is 112 Å². The number of nitrogens with zero attached hydrogens (tertiary/aromatic N) is 1. The zero-order valence-electron chi connectivity index (χ0n) is 9.38. The number of hydrogen-bond donors (Lipinski definition) is 2. The van der Waals surface area contributed by atoms with Crippen LogP contribution in [0.5, 0.6) is 0 Å². The van der Waals surface area contributed by atoms with Crippen LogP contribution in [0.4, 0.5) is 5.69 Å². The summed E-state index contributed by atoms with van der Waals surface area (Å²) in [5.41, 5.74) is 0.245. The summed E-state index contributed by atoms with van der Waals surface area (Å²) >= 11 is 0.793. The number of benzene rings is 1. The molecule has 1 aliphatic rings. The second-order valence-electron chi connectivity index (χ2n) is 3.75. The third kappa shape index (κ3) is 2.72. The van der Waals surface area contributed by atoms with Gasteiger partial charge in [0.25, 0.3) is 10.1 Å². The number of aromatic carboxylic acids is 1. The molecule has 0 aliphatic carbocycles. The molecule has 1 heterocycles. The molecular formula is C10H9NO6S2. The van der Waals surface area contributed by atoms with Crippen LogP contribution in [0.3, 0.4) is 0 Å². The van der Waals surface area contributed by atoms with E-state index in [2.05, 4.69) is 0 Å². The van der Waals surface area contributed by atoms with Crippen LogP contribution in [-0.4, -0.2) is 40.4 Å². The van der Waals surface area contributed by atoms with Crippen molar-refractivity contribution in [2.24, 2.45) is 0 Å². The summed E-state index contributed by atoms with van der Waals surface area (Å²) in [7, 11) is -4.41. The van der Waals surface area contributed by atoms with E-state index in [-0.39, 0.29) is 17.0 Å². The number of rotatable bonds is 3. The SMILES string of the molecule is O=C(O)c1ccc(N2C(=O)CSC2S(=O)(=O)O)cc1. The van der Waals surface area contributed by atoms with Crippen LogP contribution in [0.15, 0.2) is 24.3 Å². The molecule has 1 unspecified atom stereocenters. The van der Waals surface area contributed by atoms with Gasteiger partial charge in [-0.1, -0.05) is 0 Å². The lowest BCUT2D eigenvalue weighted by molar-refractivity contribution is -0.115. The Balaban J connectivity index is 2.38. The first-order valence-electron chi connectivity index (χ1n) is 5.04. The number of carbonyl (C=O) groups is 2. The zero-order valence-corrected chi connectivity index (χ0v) is 11.0. The number of carboxylic acids is 1. The highest BCUT2D eigenvalue weighted by atomic mass is 32.3. The first kappa shape index (κ1) is 13.8. The lowest BCUT2D eigenvalue weighted by atomic mass is 10.2. The Morgan fingerprint density at radius 1 is 1.32 bits per heavy atom. The van der Waals surface area contributed by atoms with Gasteiger partial charge in [-0.3, -0.25) is 14.2 Å². The van der Waals surface area contributed by atoms with Crippen LogP contribution in [0.1, 0.15) is 10.4 Å². The van der Waals surface area contributed by atoms with Crippen LogP contribution >= 0.6 is 11.8 Å². The molecule has 9 heteroatoms. The van der Waals surface area contributed by atoms with Crippen LogP contribution in [-0.2, 0) is 14.9 Å². The molecule has 1 atom stereocenters. The van der Waals surface area contributed by atoms with Gasteiger partial charge in [-0.05, 0) is 24.3 Å². The van der Waals surface area contributed by atoms with Gasteiger partial charge in [0.05, 0.1) is 11.3 Å². The molecule has 0 saturated carbocycles. The van der Waals surface area contributed by atoms with Gasteiger partial charge in [-0.2, -0.15) is 8.42 Å². The Morgan fingerprint density at radius 3 is 2.37 bits per heavy atom. The lowest BCUT2D eigenvalue weighted by Crippen LogP contribution is -2.37. The molecular weight excluding hydrogens is 294 g/mol. The first-order chi connectivity index (χ1) is 8.80. The first-order valence-corrected chi connectivity index (χ1v) is 7.59. The third-order valence-corrected chi connectivity index (χ3v) is 5.24. The summed E-state index contributed by atoms with van der Waals surface area (Å²) in [6.07, 6.45) is 0. The molecule has 2 N–H and O–H groups in total. The molecule has 1 saturated heterocycles. The molecule has 102 valence electrons. The van der Waals surface area contributed by atoms with Crippen molar-refractivity contribution in [2.45, 2.75) is 4.71 Å². The van der Waals surface area contributed by atoms with Gasteiger partial charge in [0.1, 0.15) is 0 Å². The van der Waals surface area contributed by atoms with E-state index < -0.39 is 26.7 Å². The van der Waals surface area contributed by atoms with E-state index >= 15 is 0 Å². The average molecular weight is 303 g/mol. The predicted octanol–water partition coefficient (Wildman–Crippen LogP) is 0.636. The summed E-state index contributed by atoms with van der Waals surface area (Å²) in [6, 6.07) is 5.17. The van der Waals surface area contributed by atoms with Crippen molar-refractivity contribution in [1.29, 1.82) is 0 Å². The highest BCUT2D eigenvalue weighted by molar-refractivity contribution is 8.12. The fraction of sp³-hybridized carbons (Fsp3) is 0.200. The maximum Gasteiger partial charge on any atom is 0.335 e. The van der Waals surface area contributed by atoms with Gasteiger partial charge in [0.15, 0.2) is 0 Å². The van der Waals surface area contributed by atoms with Crippen molar-refractivity contribution >= 4 is 39.4 Å². The molecule has 1 fully saturated rings. The molecule has 2 rings (SSSR count). The van der Waals surface area contributed by atoms with Gasteiger partial charge in [0, 0.05) is 5.69 Å². The van der Waals surface area contributed by atoms with Crippen LogP contribution in [0, 0.1) is 0 Å². The van der Waals surface area contributed by atoms with Gasteiger partial charge in [-0.25, -0.2) is 4.79 Å². The molecule has 1 aliphatic heterocycles. The van der Waals surface area contributed by atoms with Crippen molar-refractivity contribution in [2.75, 3.05) is 10.7 Å². The van der Waals surface area contributed by atoms with Gasteiger partial charge in [0.2, 0.25) is 10.6 Å². The van der Waals surface area contributed by atoms with E-state index in [0.717, 1.165) is 16.7 Å². The van der Waals surface area contributed by atoms with E-state index in [1.807, 2.05) is 0 Å². The van der Waals surface area contributed by atoms with E-state index in [4.69, 9.17) is 9.66 Å². The van der Waals surface area contributed by atoms with Crippen molar-refractivity contribution < 1.29 is 27.7 Å². The minimum absolute atomic E-state index is 0.0199. The molecule has 0 bridgehead atoms. The second kappa shape index (κ2) is 4.83. The summed E-state index contributed by atoms with van der Waals surface area (Å²) < 4.78 is 30.0. The Bertz CT molecular complexity index is 624. The molecule has 1 amide bonds. The molecule has 1 aromatic rings. The number of anilines is 1. The summed E-state index contributed by atoms with van der Waals surface area (Å²) in [6.45, 7) is 0. The van der Waals surface area contributed by atoms with Gasteiger partial charge < -0.3 is 5.11 Å². The number of carboxylic acid groups (broad SMARTS) is 1. The largest absolute Gasteiger partial charge is 0.478 e. The Morgan fingerprint density at radius 2 is 1.89 bits per heavy atom. The summed E-state index contributed by atoms with van der Waals surface area (Å²) in [5.74, 6) is -1.65. The fourth-order valence-corrected chi connectivity index (χ4v) is 3.86. The normalized spacial score (nSPS) is 19.7. The van der Waals surface area contributed by atoms with E-state index in [0.29, 0.717) is 0 Å². The van der Waals surface area contributed by atoms with Crippen LogP contribution in [0.2, 0.25) is 0 Å². The highest BCUT2D eigenvalue weighted by Gasteiger charge is 2.41. The van der Waals surface area contributed by atoms with Crippen molar-refractivity contribution in [3.63, 3.8) is 0 Å². The zero-order chi connectivity index (χ0) is 14.2. The molecule has 1 aromatic carbocycles. The van der Waals surface area contributed by atoms with Crippen LogP contribution in [0.25, 0.3) is 0 Å². The quantitative estimate of drug-likeness (QED) is 0.788. The fourth-order valence-electron chi connectivity index (χ4n) is 1.65. The van der Waals surface area contributed by atoms with Crippen LogP contribution < -0.4 is 4.90 Å². The minimum atomic E-state index is -4.41. The Kier molecular flexibility index (Phi) is 3.52. The van der Waals surface area contributed by atoms with Crippen molar-refractivity contribution in [1.82, 2.24) is 0 Å². The number of amides is 1. The minimum Gasteiger partial charge on any atom is -0.478 e. The second-order valence-corrected chi connectivity index (χ2v) is 6.59. The van der Waals surface area contributed by atoms with Crippen molar-refractivity contribution in [3.05, 3.63) is 29.8 Å². The number of carbonyl (C=O) groups excluding carboxylic acids is 1. The van der Waals surface area contributed by atoms with Gasteiger partial charge >= 0.3 is 5.97 Å². The molecule has 19 heavy (non-hydrogen) atoms. The maximum absolute atomic E-state index is 11.7. The number of hydrogen-bond acceptors (Lipinski definition) is 5. The smallest absolute Gasteiger partial charge is 0.335 e. The predicted molar refractivity (Wildman–Crippen MR) is 68.7 cm³/mol. The van der Waals surface area contributed by atoms with E-state index in [1.165, 1.54) is 24.3 Å². The highest BCUT2D eigenvalue weighted by Crippen LogP contribution is 2.33.